The molecule has 2 aliphatic rings. The molecule has 4 heteroatoms. The quantitative estimate of drug-likeness (QED) is 0.861. The first-order valence-corrected chi connectivity index (χ1v) is 8.81. The van der Waals surface area contributed by atoms with Gasteiger partial charge in [-0.15, -0.1) is 11.3 Å². The van der Waals surface area contributed by atoms with E-state index >= 15 is 0 Å². The molecule has 1 aromatic heterocycles. The summed E-state index contributed by atoms with van der Waals surface area (Å²) >= 11 is 1.64. The summed E-state index contributed by atoms with van der Waals surface area (Å²) in [5, 5.41) is 13.5. The first kappa shape index (κ1) is 14.0. The first-order chi connectivity index (χ1) is 10.7. The van der Waals surface area contributed by atoms with Gasteiger partial charge in [-0.2, -0.15) is 0 Å². The Kier molecular flexibility index (Phi) is 3.31. The van der Waals surface area contributed by atoms with Crippen LogP contribution in [0.2, 0.25) is 0 Å². The average Bonchev–Trinajstić information content (AvgIpc) is 3.16. The Bertz CT molecular complexity index is 722. The van der Waals surface area contributed by atoms with Crippen LogP contribution in [0.1, 0.15) is 29.7 Å². The number of benzene rings is 1. The van der Waals surface area contributed by atoms with Crippen molar-refractivity contribution in [1.29, 1.82) is 0 Å². The standard InChI is InChI=1S/C18H21N2OS/c1-14-7-2-3-8-15(14)19-13-18(21,16-9-6-12-22-16)20-11-5-4-10-17(19)20/h2-3,6-9,12,21H,4-5,10-11,13H2,1H3/q+1/t18-/m0/s1. The lowest BCUT2D eigenvalue weighted by Crippen LogP contribution is -2.40. The second kappa shape index (κ2) is 5.21. The lowest BCUT2D eigenvalue weighted by molar-refractivity contribution is -0.660. The van der Waals surface area contributed by atoms with Crippen molar-refractivity contribution >= 4 is 22.9 Å². The van der Waals surface area contributed by atoms with Gasteiger partial charge in [0.25, 0.3) is 11.6 Å². The summed E-state index contributed by atoms with van der Waals surface area (Å²) in [7, 11) is 0. The average molecular weight is 313 g/mol. The molecule has 0 bridgehead atoms. The third-order valence-corrected chi connectivity index (χ3v) is 5.81. The van der Waals surface area contributed by atoms with Crippen LogP contribution in [0.25, 0.3) is 0 Å². The molecule has 0 saturated carbocycles. The maximum absolute atomic E-state index is 11.4. The Morgan fingerprint density at radius 3 is 2.82 bits per heavy atom. The summed E-state index contributed by atoms with van der Waals surface area (Å²) in [6.45, 7) is 3.70. The molecule has 0 radical (unpaired) electrons. The van der Waals surface area contributed by atoms with Gasteiger partial charge in [-0.25, -0.2) is 9.48 Å². The second-order valence-corrected chi connectivity index (χ2v) is 7.14. The lowest BCUT2D eigenvalue weighted by Gasteiger charge is -2.22. The lowest BCUT2D eigenvalue weighted by atomic mass is 10.1. The summed E-state index contributed by atoms with van der Waals surface area (Å²) in [4.78, 5) is 3.37. The largest absolute Gasteiger partial charge is 0.346 e. The summed E-state index contributed by atoms with van der Waals surface area (Å²) in [5.74, 6) is 1.27. The zero-order valence-corrected chi connectivity index (χ0v) is 13.6. The summed E-state index contributed by atoms with van der Waals surface area (Å²) in [5.41, 5.74) is 1.60. The Balaban J connectivity index is 1.83. The Labute approximate surface area is 135 Å². The predicted octanol–water partition coefficient (Wildman–Crippen LogP) is 3.32. The van der Waals surface area contributed by atoms with E-state index < -0.39 is 5.72 Å². The fourth-order valence-electron chi connectivity index (χ4n) is 3.70. The van der Waals surface area contributed by atoms with Gasteiger partial charge in [0.1, 0.15) is 5.69 Å². The van der Waals surface area contributed by atoms with E-state index in [4.69, 9.17) is 0 Å². The molecule has 0 saturated heterocycles. The van der Waals surface area contributed by atoms with Crippen molar-refractivity contribution in [1.82, 2.24) is 0 Å². The molecule has 1 atom stereocenters. The van der Waals surface area contributed by atoms with E-state index in [1.807, 2.05) is 11.4 Å². The van der Waals surface area contributed by atoms with E-state index in [2.05, 4.69) is 46.7 Å². The third-order valence-electron chi connectivity index (χ3n) is 4.80. The fourth-order valence-corrected chi connectivity index (χ4v) is 4.53. The number of nitrogens with zero attached hydrogens (tertiary/aromatic N) is 2. The van der Waals surface area contributed by atoms with Gasteiger partial charge in [0.05, 0.1) is 11.4 Å². The normalized spacial score (nSPS) is 24.7. The van der Waals surface area contributed by atoms with Crippen LogP contribution in [0.4, 0.5) is 5.69 Å². The van der Waals surface area contributed by atoms with Crippen LogP contribution in [0.15, 0.2) is 41.8 Å². The van der Waals surface area contributed by atoms with Crippen molar-refractivity contribution in [3.8, 4) is 0 Å². The molecule has 0 fully saturated rings. The minimum absolute atomic E-state index is 0.619. The minimum Gasteiger partial charge on any atom is -0.346 e. The highest BCUT2D eigenvalue weighted by atomic mass is 32.1. The van der Waals surface area contributed by atoms with Gasteiger partial charge in [0, 0.05) is 6.42 Å². The van der Waals surface area contributed by atoms with Gasteiger partial charge in [-0.05, 0) is 42.8 Å². The number of para-hydroxylation sites is 1. The van der Waals surface area contributed by atoms with E-state index in [-0.39, 0.29) is 0 Å². The van der Waals surface area contributed by atoms with Crippen molar-refractivity contribution < 1.29 is 9.68 Å². The highest BCUT2D eigenvalue weighted by Crippen LogP contribution is 2.38. The minimum atomic E-state index is -0.883. The first-order valence-electron chi connectivity index (χ1n) is 7.93. The molecule has 4 rings (SSSR count). The van der Waals surface area contributed by atoms with E-state index in [0.717, 1.165) is 24.3 Å². The van der Waals surface area contributed by atoms with E-state index in [0.29, 0.717) is 6.54 Å². The summed E-state index contributed by atoms with van der Waals surface area (Å²) < 4.78 is 2.23. The van der Waals surface area contributed by atoms with Crippen LogP contribution < -0.4 is 4.90 Å². The van der Waals surface area contributed by atoms with Crippen LogP contribution in [-0.2, 0) is 5.72 Å². The molecular weight excluding hydrogens is 292 g/mol. The number of anilines is 1. The molecule has 114 valence electrons. The van der Waals surface area contributed by atoms with Crippen LogP contribution >= 0.6 is 11.3 Å². The van der Waals surface area contributed by atoms with Crippen molar-refractivity contribution in [2.75, 3.05) is 18.0 Å². The molecule has 1 N–H and O–H groups in total. The number of amidine groups is 1. The maximum atomic E-state index is 11.4. The Hall–Kier alpha value is -1.65. The predicted molar refractivity (Wildman–Crippen MR) is 90.7 cm³/mol. The third kappa shape index (κ3) is 2.02. The SMILES string of the molecule is Cc1ccccc1N1C[C@](O)(c2cccs2)[N+]2=C1CCCC2. The molecular formula is C18H21N2OS+. The maximum Gasteiger partial charge on any atom is 0.280 e. The van der Waals surface area contributed by atoms with Gasteiger partial charge < -0.3 is 5.11 Å². The van der Waals surface area contributed by atoms with Crippen LogP contribution in [0.5, 0.6) is 0 Å². The van der Waals surface area contributed by atoms with Crippen LogP contribution in [0.3, 0.4) is 0 Å². The van der Waals surface area contributed by atoms with Crippen molar-refractivity contribution in [3.63, 3.8) is 0 Å². The monoisotopic (exact) mass is 313 g/mol. The molecule has 0 amide bonds. The van der Waals surface area contributed by atoms with Crippen molar-refractivity contribution in [3.05, 3.63) is 52.2 Å². The molecule has 2 aromatic rings. The molecule has 0 unspecified atom stereocenters. The summed E-state index contributed by atoms with van der Waals surface area (Å²) in [6, 6.07) is 12.5. The van der Waals surface area contributed by atoms with Gasteiger partial charge in [-0.1, -0.05) is 24.3 Å². The van der Waals surface area contributed by atoms with Crippen molar-refractivity contribution in [2.24, 2.45) is 0 Å². The van der Waals surface area contributed by atoms with Gasteiger partial charge in [0.15, 0.2) is 6.54 Å². The molecule has 3 heterocycles. The zero-order chi connectivity index (χ0) is 15.2. The van der Waals surface area contributed by atoms with E-state index in [1.165, 1.54) is 23.5 Å². The number of hydrogen-bond donors (Lipinski definition) is 1. The zero-order valence-electron chi connectivity index (χ0n) is 12.8. The topological polar surface area (TPSA) is 26.5 Å². The highest BCUT2D eigenvalue weighted by molar-refractivity contribution is 7.10. The number of aryl methyl sites for hydroxylation is 1. The smallest absolute Gasteiger partial charge is 0.280 e. The summed E-state index contributed by atoms with van der Waals surface area (Å²) in [6.07, 6.45) is 3.40. The van der Waals surface area contributed by atoms with E-state index in [9.17, 15) is 5.11 Å². The molecule has 22 heavy (non-hydrogen) atoms. The molecule has 2 aliphatic heterocycles. The highest BCUT2D eigenvalue weighted by Gasteiger charge is 2.53. The van der Waals surface area contributed by atoms with Gasteiger partial charge >= 0.3 is 0 Å². The van der Waals surface area contributed by atoms with Crippen molar-refractivity contribution in [2.45, 2.75) is 31.9 Å². The Morgan fingerprint density at radius 2 is 2.05 bits per heavy atom. The number of β-amino-alcohol motifs (C(OH)–C–C–N with tert-alkyl or cyclic N) is 1. The number of hydrogen-bond acceptors (Lipinski definition) is 3. The second-order valence-electron chi connectivity index (χ2n) is 6.19. The number of aliphatic hydroxyl groups is 1. The van der Waals surface area contributed by atoms with Gasteiger partial charge in [-0.3, -0.25) is 0 Å². The number of thiophene rings is 1. The van der Waals surface area contributed by atoms with Crippen LogP contribution in [-0.4, -0.2) is 28.6 Å². The van der Waals surface area contributed by atoms with Crippen LogP contribution in [0, 0.1) is 6.92 Å². The Morgan fingerprint density at radius 1 is 1.18 bits per heavy atom. The number of rotatable bonds is 2. The molecule has 3 nitrogen and oxygen atoms in total. The fraction of sp³-hybridized carbons (Fsp3) is 0.389. The van der Waals surface area contributed by atoms with E-state index in [1.54, 1.807) is 11.3 Å². The molecule has 1 aromatic carbocycles. The molecule has 0 aliphatic carbocycles. The van der Waals surface area contributed by atoms with Gasteiger partial charge in [0.2, 0.25) is 0 Å². The molecule has 0 spiro atoms.